The minimum Gasteiger partial charge on any atom is -0.366 e. The molecule has 0 saturated heterocycles. The zero-order chi connectivity index (χ0) is 18.1. The standard InChI is InChI=1S/C17H16N4O3S/c1-9-10(2)25-16-14(9)17(24)21(8-19-16)7-13(22)20-12-6-4-3-5-11(12)15(18)23/h3-6,8H,7H2,1-2H3,(H2,18,23)(H,20,22). The van der Waals surface area contributed by atoms with Crippen molar-refractivity contribution in [1.29, 1.82) is 0 Å². The summed E-state index contributed by atoms with van der Waals surface area (Å²) in [7, 11) is 0. The summed E-state index contributed by atoms with van der Waals surface area (Å²) in [4.78, 5) is 42.2. The van der Waals surface area contributed by atoms with E-state index in [1.54, 1.807) is 18.2 Å². The molecule has 8 heteroatoms. The highest BCUT2D eigenvalue weighted by molar-refractivity contribution is 7.18. The number of nitrogens with zero attached hydrogens (tertiary/aromatic N) is 2. The topological polar surface area (TPSA) is 107 Å². The second kappa shape index (κ2) is 6.48. The number of hydrogen-bond donors (Lipinski definition) is 2. The number of thiophene rings is 1. The van der Waals surface area contributed by atoms with Crippen molar-refractivity contribution in [3.8, 4) is 0 Å². The number of nitrogens with two attached hydrogens (primary N) is 1. The Morgan fingerprint density at radius 1 is 1.28 bits per heavy atom. The molecule has 0 bridgehead atoms. The SMILES string of the molecule is Cc1sc2ncn(CC(=O)Nc3ccccc3C(N)=O)c(=O)c2c1C. The molecule has 0 aliphatic heterocycles. The lowest BCUT2D eigenvalue weighted by Crippen LogP contribution is -2.28. The number of primary amides is 1. The van der Waals surface area contributed by atoms with Gasteiger partial charge in [0.25, 0.3) is 11.5 Å². The fraction of sp³-hybridized carbons (Fsp3) is 0.176. The summed E-state index contributed by atoms with van der Waals surface area (Å²) in [6.45, 7) is 3.59. The number of amides is 2. The summed E-state index contributed by atoms with van der Waals surface area (Å²) in [6.07, 6.45) is 1.36. The van der Waals surface area contributed by atoms with Crippen LogP contribution in [0.4, 0.5) is 5.69 Å². The molecule has 2 amide bonds. The third-order valence-electron chi connectivity index (χ3n) is 3.94. The molecule has 0 saturated carbocycles. The maximum atomic E-state index is 12.6. The van der Waals surface area contributed by atoms with Gasteiger partial charge in [0, 0.05) is 4.88 Å². The number of benzene rings is 1. The van der Waals surface area contributed by atoms with Crippen LogP contribution in [0.1, 0.15) is 20.8 Å². The van der Waals surface area contributed by atoms with E-state index in [4.69, 9.17) is 5.73 Å². The van der Waals surface area contributed by atoms with Crippen LogP contribution in [0.5, 0.6) is 0 Å². The monoisotopic (exact) mass is 356 g/mol. The van der Waals surface area contributed by atoms with Crippen molar-refractivity contribution < 1.29 is 9.59 Å². The van der Waals surface area contributed by atoms with E-state index in [-0.39, 0.29) is 17.7 Å². The van der Waals surface area contributed by atoms with Crippen molar-refractivity contribution in [3.05, 3.63) is 57.0 Å². The van der Waals surface area contributed by atoms with Crippen LogP contribution in [0.3, 0.4) is 0 Å². The molecule has 7 nitrogen and oxygen atoms in total. The number of anilines is 1. The van der Waals surface area contributed by atoms with Gasteiger partial charge in [0.15, 0.2) is 0 Å². The van der Waals surface area contributed by atoms with Crippen LogP contribution in [0.15, 0.2) is 35.4 Å². The number of hydrogen-bond acceptors (Lipinski definition) is 5. The van der Waals surface area contributed by atoms with Gasteiger partial charge in [0.05, 0.1) is 23.0 Å². The van der Waals surface area contributed by atoms with Gasteiger partial charge in [-0.15, -0.1) is 11.3 Å². The zero-order valence-electron chi connectivity index (χ0n) is 13.7. The molecule has 0 unspecified atom stereocenters. The van der Waals surface area contributed by atoms with Crippen molar-refractivity contribution in [3.63, 3.8) is 0 Å². The van der Waals surface area contributed by atoms with Crippen molar-refractivity contribution in [2.75, 3.05) is 5.32 Å². The number of carbonyl (C=O) groups excluding carboxylic acids is 2. The van der Waals surface area contributed by atoms with Crippen LogP contribution in [0.25, 0.3) is 10.2 Å². The van der Waals surface area contributed by atoms with Crippen molar-refractivity contribution in [2.24, 2.45) is 5.73 Å². The molecular formula is C17H16N4O3S. The number of rotatable bonds is 4. The largest absolute Gasteiger partial charge is 0.366 e. The molecule has 0 fully saturated rings. The second-order valence-corrected chi connectivity index (χ2v) is 6.80. The number of carbonyl (C=O) groups is 2. The van der Waals surface area contributed by atoms with Gasteiger partial charge < -0.3 is 11.1 Å². The first-order valence-corrected chi connectivity index (χ1v) is 8.34. The molecule has 0 radical (unpaired) electrons. The Labute approximate surface area is 147 Å². The first-order valence-electron chi connectivity index (χ1n) is 7.52. The summed E-state index contributed by atoms with van der Waals surface area (Å²) < 4.78 is 1.25. The van der Waals surface area contributed by atoms with Crippen LogP contribution in [-0.2, 0) is 11.3 Å². The molecular weight excluding hydrogens is 340 g/mol. The fourth-order valence-electron chi connectivity index (χ4n) is 2.53. The van der Waals surface area contributed by atoms with E-state index in [0.29, 0.717) is 15.9 Å². The normalized spacial score (nSPS) is 10.8. The molecule has 3 aromatic rings. The van der Waals surface area contributed by atoms with Gasteiger partial charge >= 0.3 is 0 Å². The minimum atomic E-state index is -0.638. The molecule has 2 heterocycles. The summed E-state index contributed by atoms with van der Waals surface area (Å²) in [5.41, 5.74) is 6.43. The molecule has 25 heavy (non-hydrogen) atoms. The van der Waals surface area contributed by atoms with E-state index in [2.05, 4.69) is 10.3 Å². The van der Waals surface area contributed by atoms with E-state index in [1.165, 1.54) is 28.3 Å². The van der Waals surface area contributed by atoms with Gasteiger partial charge in [-0.25, -0.2) is 4.98 Å². The number of fused-ring (bicyclic) bond motifs is 1. The predicted molar refractivity (Wildman–Crippen MR) is 96.9 cm³/mol. The van der Waals surface area contributed by atoms with E-state index >= 15 is 0 Å². The molecule has 128 valence electrons. The number of para-hydroxylation sites is 1. The van der Waals surface area contributed by atoms with Crippen molar-refractivity contribution in [1.82, 2.24) is 9.55 Å². The third kappa shape index (κ3) is 3.16. The highest BCUT2D eigenvalue weighted by Gasteiger charge is 2.15. The molecule has 0 aliphatic carbocycles. The quantitative estimate of drug-likeness (QED) is 0.743. The summed E-state index contributed by atoms with van der Waals surface area (Å²) in [5, 5.41) is 3.15. The number of nitrogens with one attached hydrogen (secondary N) is 1. The maximum absolute atomic E-state index is 12.6. The third-order valence-corrected chi connectivity index (χ3v) is 5.05. The van der Waals surface area contributed by atoms with Gasteiger partial charge in [-0.2, -0.15) is 0 Å². The minimum absolute atomic E-state index is 0.205. The maximum Gasteiger partial charge on any atom is 0.262 e. The average Bonchev–Trinajstić information content (AvgIpc) is 2.86. The Hall–Kier alpha value is -3.00. The van der Waals surface area contributed by atoms with Crippen LogP contribution < -0.4 is 16.6 Å². The number of aryl methyl sites for hydroxylation is 2. The van der Waals surface area contributed by atoms with Crippen LogP contribution in [-0.4, -0.2) is 21.4 Å². The van der Waals surface area contributed by atoms with Gasteiger partial charge in [0.2, 0.25) is 5.91 Å². The highest BCUT2D eigenvalue weighted by atomic mass is 32.1. The molecule has 0 spiro atoms. The summed E-state index contributed by atoms with van der Waals surface area (Å²) in [6, 6.07) is 6.43. The number of aromatic nitrogens is 2. The predicted octanol–water partition coefficient (Wildman–Crippen LogP) is 1.81. The molecule has 3 N–H and O–H groups in total. The van der Waals surface area contributed by atoms with E-state index < -0.39 is 11.8 Å². The molecule has 3 rings (SSSR count). The molecule has 1 aromatic carbocycles. The highest BCUT2D eigenvalue weighted by Crippen LogP contribution is 2.25. The molecule has 0 aliphatic rings. The lowest BCUT2D eigenvalue weighted by molar-refractivity contribution is -0.116. The van der Waals surface area contributed by atoms with Gasteiger partial charge in [0.1, 0.15) is 11.4 Å². The average molecular weight is 356 g/mol. The summed E-state index contributed by atoms with van der Waals surface area (Å²) >= 11 is 1.45. The fourth-order valence-corrected chi connectivity index (χ4v) is 3.52. The van der Waals surface area contributed by atoms with Gasteiger partial charge in [-0.05, 0) is 31.5 Å². The van der Waals surface area contributed by atoms with Crippen LogP contribution >= 0.6 is 11.3 Å². The van der Waals surface area contributed by atoms with Gasteiger partial charge in [-0.3, -0.25) is 19.0 Å². The molecule has 2 aromatic heterocycles. The lowest BCUT2D eigenvalue weighted by Gasteiger charge is -2.10. The second-order valence-electron chi connectivity index (χ2n) is 5.60. The Bertz CT molecular complexity index is 1050. The first kappa shape index (κ1) is 16.8. The van der Waals surface area contributed by atoms with Crippen molar-refractivity contribution >= 4 is 39.1 Å². The zero-order valence-corrected chi connectivity index (χ0v) is 14.5. The van der Waals surface area contributed by atoms with E-state index in [0.717, 1.165) is 10.4 Å². The lowest BCUT2D eigenvalue weighted by atomic mass is 10.1. The Morgan fingerprint density at radius 2 is 2.00 bits per heavy atom. The van der Waals surface area contributed by atoms with Crippen LogP contribution in [0.2, 0.25) is 0 Å². The van der Waals surface area contributed by atoms with E-state index in [9.17, 15) is 14.4 Å². The van der Waals surface area contributed by atoms with Gasteiger partial charge in [-0.1, -0.05) is 12.1 Å². The molecule has 0 atom stereocenters. The van der Waals surface area contributed by atoms with E-state index in [1.807, 2.05) is 13.8 Å². The van der Waals surface area contributed by atoms with Crippen molar-refractivity contribution in [2.45, 2.75) is 20.4 Å². The smallest absolute Gasteiger partial charge is 0.262 e. The first-order chi connectivity index (χ1) is 11.9. The Kier molecular flexibility index (Phi) is 4.37. The summed E-state index contributed by atoms with van der Waals surface area (Å²) in [5.74, 6) is -1.08. The van der Waals surface area contributed by atoms with Crippen LogP contribution in [0, 0.1) is 13.8 Å². The Balaban J connectivity index is 1.88. The Morgan fingerprint density at radius 3 is 2.72 bits per heavy atom.